The van der Waals surface area contributed by atoms with Crippen molar-refractivity contribution in [2.75, 3.05) is 57.4 Å². The fraction of sp³-hybridized carbons (Fsp3) is 0.455. The first-order valence-corrected chi connectivity index (χ1v) is 15.7. The van der Waals surface area contributed by atoms with Gasteiger partial charge in [0.05, 0.1) is 18.2 Å². The van der Waals surface area contributed by atoms with E-state index in [0.717, 1.165) is 82.4 Å². The van der Waals surface area contributed by atoms with E-state index in [2.05, 4.69) is 20.1 Å². The van der Waals surface area contributed by atoms with Crippen LogP contribution in [0.15, 0.2) is 42.5 Å². The smallest absolute Gasteiger partial charge is 0.319 e. The third kappa shape index (κ3) is 4.96. The number of ether oxygens (including phenoxy) is 2. The minimum absolute atomic E-state index is 0.0431. The van der Waals surface area contributed by atoms with Gasteiger partial charge in [-0.2, -0.15) is 9.97 Å². The van der Waals surface area contributed by atoms with Crippen LogP contribution in [-0.2, 0) is 4.74 Å². The molecular formula is C33H35ClFN5O3. The molecule has 1 aromatic heterocycles. The molecule has 3 aromatic carbocycles. The molecule has 10 heteroatoms. The van der Waals surface area contributed by atoms with Gasteiger partial charge in [0.15, 0.2) is 5.82 Å². The molecule has 2 atom stereocenters. The normalized spacial score (nSPS) is 23.0. The van der Waals surface area contributed by atoms with Gasteiger partial charge in [-0.15, -0.1) is 0 Å². The molecule has 4 aliphatic heterocycles. The zero-order chi connectivity index (χ0) is 29.1. The molecule has 224 valence electrons. The van der Waals surface area contributed by atoms with Gasteiger partial charge < -0.3 is 29.7 Å². The number of halogens is 2. The average molecular weight is 604 g/mol. The highest BCUT2D eigenvalue weighted by atomic mass is 35.5. The molecule has 0 amide bonds. The Balaban J connectivity index is 1.14. The summed E-state index contributed by atoms with van der Waals surface area (Å²) in [7, 11) is 0. The fourth-order valence-electron chi connectivity index (χ4n) is 7.59. The lowest BCUT2D eigenvalue weighted by atomic mass is 9.79. The Bertz CT molecular complexity index is 1690. The number of aromatic nitrogens is 2. The molecule has 4 aromatic rings. The monoisotopic (exact) mass is 603 g/mol. The summed E-state index contributed by atoms with van der Waals surface area (Å²) in [5.74, 6) is 0.147. The van der Waals surface area contributed by atoms with Crippen LogP contribution in [0.5, 0.6) is 11.8 Å². The van der Waals surface area contributed by atoms with Gasteiger partial charge in [-0.25, -0.2) is 4.39 Å². The predicted octanol–water partition coefficient (Wildman–Crippen LogP) is 5.38. The van der Waals surface area contributed by atoms with Gasteiger partial charge in [0.25, 0.3) is 0 Å². The number of fused-ring (bicyclic) bond motifs is 4. The Labute approximate surface area is 254 Å². The van der Waals surface area contributed by atoms with Gasteiger partial charge in [-0.1, -0.05) is 35.9 Å². The maximum Gasteiger partial charge on any atom is 0.319 e. The molecule has 0 aliphatic carbocycles. The summed E-state index contributed by atoms with van der Waals surface area (Å²) in [6, 6.07) is 13.5. The first-order valence-electron chi connectivity index (χ1n) is 15.3. The van der Waals surface area contributed by atoms with E-state index in [1.165, 1.54) is 0 Å². The maximum absolute atomic E-state index is 16.7. The lowest BCUT2D eigenvalue weighted by Gasteiger charge is -2.47. The number of rotatable bonds is 7. The molecule has 5 heterocycles. The lowest BCUT2D eigenvalue weighted by molar-refractivity contribution is -0.00902. The van der Waals surface area contributed by atoms with Crippen LogP contribution in [0.1, 0.15) is 25.7 Å². The van der Waals surface area contributed by atoms with Crippen LogP contribution < -0.4 is 15.0 Å². The summed E-state index contributed by atoms with van der Waals surface area (Å²) in [6.07, 6.45) is 4.20. The van der Waals surface area contributed by atoms with Gasteiger partial charge in [-0.05, 0) is 60.2 Å². The molecule has 0 radical (unpaired) electrons. The highest BCUT2D eigenvalue weighted by molar-refractivity contribution is 6.35. The largest absolute Gasteiger partial charge is 0.508 e. The summed E-state index contributed by atoms with van der Waals surface area (Å²) in [5.41, 5.74) is 1.25. The summed E-state index contributed by atoms with van der Waals surface area (Å²) in [6.45, 7) is 6.83. The zero-order valence-electron chi connectivity index (χ0n) is 24.0. The number of phenolic OH excluding ortho intramolecular Hbond substituents is 1. The van der Waals surface area contributed by atoms with E-state index in [1.54, 1.807) is 18.2 Å². The summed E-state index contributed by atoms with van der Waals surface area (Å²) < 4.78 is 28.4. The average Bonchev–Trinajstić information content (AvgIpc) is 3.61. The van der Waals surface area contributed by atoms with E-state index in [1.807, 2.05) is 24.3 Å². The molecular weight excluding hydrogens is 569 g/mol. The third-order valence-corrected chi connectivity index (χ3v) is 9.93. The van der Waals surface area contributed by atoms with E-state index < -0.39 is 5.82 Å². The minimum atomic E-state index is -0.547. The molecule has 43 heavy (non-hydrogen) atoms. The van der Waals surface area contributed by atoms with Gasteiger partial charge >= 0.3 is 6.01 Å². The van der Waals surface area contributed by atoms with Crippen LogP contribution in [-0.4, -0.2) is 84.6 Å². The van der Waals surface area contributed by atoms with Crippen LogP contribution in [0, 0.1) is 11.2 Å². The standard InChI is InChI=1S/C33H35ClFN5O3/c34-27-14-26-30(29(35)28(27)25-13-23(41)12-20-4-1-2-5-24(20)25)37-32(38-31(26)40-15-21-6-7-22(16-40)36-21)43-10-3-9-39-17-33(18-39)8-11-42-19-33/h1-2,4-5,12-14,21-22,36,41H,3,6-11,15-19H2. The van der Waals surface area contributed by atoms with Crippen molar-refractivity contribution in [3.63, 3.8) is 0 Å². The van der Waals surface area contributed by atoms with E-state index in [9.17, 15) is 5.11 Å². The van der Waals surface area contributed by atoms with Crippen LogP contribution in [0.2, 0.25) is 5.02 Å². The summed E-state index contributed by atoms with van der Waals surface area (Å²) in [5, 5.41) is 16.5. The molecule has 2 bridgehead atoms. The van der Waals surface area contributed by atoms with Crippen LogP contribution in [0.25, 0.3) is 32.8 Å². The van der Waals surface area contributed by atoms with Gasteiger partial charge in [0, 0.05) is 67.8 Å². The highest BCUT2D eigenvalue weighted by Gasteiger charge is 2.45. The van der Waals surface area contributed by atoms with Gasteiger partial charge in [-0.3, -0.25) is 0 Å². The van der Waals surface area contributed by atoms with Crippen molar-refractivity contribution in [3.8, 4) is 22.9 Å². The van der Waals surface area contributed by atoms with Crippen LogP contribution >= 0.6 is 11.6 Å². The van der Waals surface area contributed by atoms with E-state index in [4.69, 9.17) is 26.1 Å². The minimum Gasteiger partial charge on any atom is -0.508 e. The van der Waals surface area contributed by atoms with Crippen molar-refractivity contribution in [2.45, 2.75) is 37.8 Å². The Kier molecular flexibility index (Phi) is 6.82. The van der Waals surface area contributed by atoms with E-state index in [0.29, 0.717) is 40.9 Å². The number of hydrogen-bond donors (Lipinski definition) is 2. The van der Waals surface area contributed by atoms with E-state index >= 15 is 4.39 Å². The number of nitrogens with zero attached hydrogens (tertiary/aromatic N) is 4. The molecule has 8 rings (SSSR count). The highest BCUT2D eigenvalue weighted by Crippen LogP contribution is 2.43. The quantitative estimate of drug-likeness (QED) is 0.273. The van der Waals surface area contributed by atoms with Gasteiger partial charge in [0.2, 0.25) is 0 Å². The Morgan fingerprint density at radius 1 is 1.09 bits per heavy atom. The number of phenols is 1. The molecule has 4 aliphatic rings. The van der Waals surface area contributed by atoms with Gasteiger partial charge in [0.1, 0.15) is 17.1 Å². The van der Waals surface area contributed by atoms with Crippen LogP contribution in [0.3, 0.4) is 0 Å². The molecule has 4 fully saturated rings. The van der Waals surface area contributed by atoms with Crippen molar-refractivity contribution in [1.29, 1.82) is 0 Å². The second-order valence-electron chi connectivity index (χ2n) is 12.7. The number of hydrogen-bond acceptors (Lipinski definition) is 8. The molecule has 4 saturated heterocycles. The Morgan fingerprint density at radius 3 is 2.70 bits per heavy atom. The third-order valence-electron chi connectivity index (χ3n) is 9.63. The topological polar surface area (TPSA) is 83.0 Å². The zero-order valence-corrected chi connectivity index (χ0v) is 24.7. The first-order chi connectivity index (χ1) is 20.9. The maximum atomic E-state index is 16.7. The van der Waals surface area contributed by atoms with Crippen LogP contribution in [0.4, 0.5) is 10.2 Å². The van der Waals surface area contributed by atoms with Crippen molar-refractivity contribution in [3.05, 3.63) is 53.3 Å². The van der Waals surface area contributed by atoms with Crippen molar-refractivity contribution < 1.29 is 19.0 Å². The second-order valence-corrected chi connectivity index (χ2v) is 13.2. The second kappa shape index (κ2) is 10.7. The Hall–Kier alpha value is -3.24. The molecule has 8 nitrogen and oxygen atoms in total. The summed E-state index contributed by atoms with van der Waals surface area (Å²) >= 11 is 6.86. The molecule has 1 spiro atoms. The number of benzene rings is 3. The molecule has 2 unspecified atom stereocenters. The number of piperazine rings is 1. The first kappa shape index (κ1) is 27.3. The fourth-order valence-corrected chi connectivity index (χ4v) is 7.89. The Morgan fingerprint density at radius 2 is 1.91 bits per heavy atom. The SMILES string of the molecule is Oc1cc(-c2c(Cl)cc3c(N4CC5CCC(C4)N5)nc(OCCCN4CC5(CCOC5)C4)nc3c2F)c2ccccc2c1. The number of aromatic hydroxyl groups is 1. The predicted molar refractivity (Wildman–Crippen MR) is 166 cm³/mol. The van der Waals surface area contributed by atoms with Crippen molar-refractivity contribution in [1.82, 2.24) is 20.2 Å². The number of nitrogens with one attached hydrogen (secondary N) is 1. The lowest BCUT2D eigenvalue weighted by Crippen LogP contribution is -2.56. The van der Waals surface area contributed by atoms with Crippen molar-refractivity contribution in [2.24, 2.45) is 5.41 Å². The van der Waals surface area contributed by atoms with E-state index in [-0.39, 0.29) is 27.9 Å². The van der Waals surface area contributed by atoms with Crippen molar-refractivity contribution >= 4 is 39.1 Å². The molecule has 0 saturated carbocycles. The summed E-state index contributed by atoms with van der Waals surface area (Å²) in [4.78, 5) is 14.1. The number of likely N-dealkylation sites (tertiary alicyclic amines) is 1. The molecule has 2 N–H and O–H groups in total. The number of anilines is 1.